The maximum Gasteiger partial charge on any atom is 0.263 e. The molecule has 2 rings (SSSR count). The summed E-state index contributed by atoms with van der Waals surface area (Å²) in [6.07, 6.45) is 0. The van der Waals surface area contributed by atoms with E-state index in [0.29, 0.717) is 23.8 Å². The lowest BCUT2D eigenvalue weighted by Gasteiger charge is -2.20. The zero-order chi connectivity index (χ0) is 18.1. The molecule has 0 spiro atoms. The predicted molar refractivity (Wildman–Crippen MR) is 94.0 cm³/mol. The molecule has 0 unspecified atom stereocenters. The van der Waals surface area contributed by atoms with Crippen LogP contribution < -0.4 is 5.32 Å². The first-order valence-corrected chi connectivity index (χ1v) is 10.3. The molecule has 1 fully saturated rings. The Morgan fingerprint density at radius 3 is 2.62 bits per heavy atom. The number of nitrogens with one attached hydrogen (secondary N) is 1. The largest absolute Gasteiger partial charge is 0.379 e. The van der Waals surface area contributed by atoms with Crippen LogP contribution in [0.2, 0.25) is 0 Å². The smallest absolute Gasteiger partial charge is 0.263 e. The number of nitrogens with zero attached hydrogens (tertiary/aromatic N) is 2. The molecule has 1 saturated heterocycles. The van der Waals surface area contributed by atoms with Gasteiger partial charge in [0.1, 0.15) is 4.88 Å². The lowest BCUT2D eigenvalue weighted by molar-refractivity contribution is 0.0929. The first-order valence-electron chi connectivity index (χ1n) is 7.88. The van der Waals surface area contributed by atoms with E-state index in [4.69, 9.17) is 4.74 Å². The minimum atomic E-state index is -3.34. The van der Waals surface area contributed by atoms with Gasteiger partial charge in [-0.1, -0.05) is 13.8 Å². The van der Waals surface area contributed by atoms with E-state index in [0.717, 1.165) is 5.01 Å². The highest BCUT2D eigenvalue weighted by atomic mass is 32.2. The second-order valence-corrected chi connectivity index (χ2v) is 9.82. The highest BCUT2D eigenvalue weighted by Gasteiger charge is 2.34. The van der Waals surface area contributed by atoms with Crippen LogP contribution in [0.4, 0.5) is 0 Å². The molecule has 7 nitrogen and oxygen atoms in total. The van der Waals surface area contributed by atoms with E-state index in [1.54, 1.807) is 0 Å². The molecule has 1 amide bonds. The van der Waals surface area contributed by atoms with E-state index in [1.807, 2.05) is 20.8 Å². The van der Waals surface area contributed by atoms with Crippen LogP contribution in [-0.2, 0) is 14.8 Å². The van der Waals surface area contributed by atoms with Crippen LogP contribution >= 0.6 is 11.3 Å². The van der Waals surface area contributed by atoms with Crippen LogP contribution in [0.25, 0.3) is 0 Å². The number of hydrogen-bond donors (Lipinski definition) is 1. The number of aryl methyl sites for hydroxylation is 1. The number of thiazole rings is 1. The Labute approximate surface area is 147 Å². The topological polar surface area (TPSA) is 88.6 Å². The van der Waals surface area contributed by atoms with Gasteiger partial charge in [0, 0.05) is 25.9 Å². The van der Waals surface area contributed by atoms with E-state index >= 15 is 0 Å². The van der Waals surface area contributed by atoms with Crippen molar-refractivity contribution in [1.29, 1.82) is 0 Å². The van der Waals surface area contributed by atoms with Crippen molar-refractivity contribution >= 4 is 27.3 Å². The summed E-state index contributed by atoms with van der Waals surface area (Å²) in [6.45, 7) is 6.54. The van der Waals surface area contributed by atoms with E-state index in [9.17, 15) is 13.2 Å². The van der Waals surface area contributed by atoms with Gasteiger partial charge in [-0.3, -0.25) is 4.79 Å². The van der Waals surface area contributed by atoms with Crippen molar-refractivity contribution in [3.8, 4) is 0 Å². The van der Waals surface area contributed by atoms with Gasteiger partial charge in [-0.15, -0.1) is 11.3 Å². The average molecular weight is 376 g/mol. The molecule has 1 aliphatic heterocycles. The lowest BCUT2D eigenvalue weighted by atomic mass is 10.1. The third-order valence-electron chi connectivity index (χ3n) is 4.01. The quantitative estimate of drug-likeness (QED) is 0.807. The highest BCUT2D eigenvalue weighted by Crippen LogP contribution is 2.25. The summed E-state index contributed by atoms with van der Waals surface area (Å²) in [4.78, 5) is 17.6. The summed E-state index contributed by atoms with van der Waals surface area (Å²) in [5.41, 5.74) is 0.706. The molecule has 2 heterocycles. The van der Waals surface area contributed by atoms with Gasteiger partial charge in [0.25, 0.3) is 5.91 Å². The summed E-state index contributed by atoms with van der Waals surface area (Å²) in [5.74, 6) is -0.231. The number of sulfonamides is 1. The van der Waals surface area contributed by atoms with Crippen LogP contribution in [0.1, 0.15) is 40.1 Å². The molecule has 0 aromatic carbocycles. The van der Waals surface area contributed by atoms with Gasteiger partial charge in [0.05, 0.1) is 35.7 Å². The number of rotatable bonds is 6. The molecule has 1 aromatic rings. The van der Waals surface area contributed by atoms with Gasteiger partial charge in [0.2, 0.25) is 10.0 Å². The minimum absolute atomic E-state index is 0.0378. The SMILES string of the molecule is Cc1nc(C(C)C)sc1C(=O)N[C@@H]1COC[C@H]1CS(=O)(=O)N(C)C. The van der Waals surface area contributed by atoms with E-state index in [-0.39, 0.29) is 29.5 Å². The zero-order valence-electron chi connectivity index (χ0n) is 14.7. The van der Waals surface area contributed by atoms with Crippen molar-refractivity contribution in [2.24, 2.45) is 5.92 Å². The third kappa shape index (κ3) is 4.33. The van der Waals surface area contributed by atoms with Crippen LogP contribution in [0, 0.1) is 12.8 Å². The highest BCUT2D eigenvalue weighted by molar-refractivity contribution is 7.89. The number of hydrogen-bond acceptors (Lipinski definition) is 6. The summed E-state index contributed by atoms with van der Waals surface area (Å²) in [5, 5.41) is 3.85. The monoisotopic (exact) mass is 375 g/mol. The minimum Gasteiger partial charge on any atom is -0.379 e. The molecular formula is C15H25N3O4S2. The molecule has 0 saturated carbocycles. The molecule has 24 heavy (non-hydrogen) atoms. The second kappa shape index (κ2) is 7.47. The van der Waals surface area contributed by atoms with E-state index in [1.165, 1.54) is 29.7 Å². The molecule has 0 aliphatic carbocycles. The van der Waals surface area contributed by atoms with Gasteiger partial charge in [-0.25, -0.2) is 17.7 Å². The van der Waals surface area contributed by atoms with Gasteiger partial charge in [-0.2, -0.15) is 0 Å². The summed E-state index contributed by atoms with van der Waals surface area (Å²) >= 11 is 1.39. The molecule has 0 radical (unpaired) electrons. The van der Waals surface area contributed by atoms with Gasteiger partial charge in [0.15, 0.2) is 0 Å². The third-order valence-corrected chi connectivity index (χ3v) is 7.43. The van der Waals surface area contributed by atoms with Crippen molar-refractivity contribution in [1.82, 2.24) is 14.6 Å². The van der Waals surface area contributed by atoms with Crippen molar-refractivity contribution in [2.45, 2.75) is 32.7 Å². The molecule has 1 N–H and O–H groups in total. The van der Waals surface area contributed by atoms with E-state index in [2.05, 4.69) is 10.3 Å². The Hall–Kier alpha value is -1.03. The normalized spacial score (nSPS) is 21.6. The fourth-order valence-electron chi connectivity index (χ4n) is 2.45. The fraction of sp³-hybridized carbons (Fsp3) is 0.733. The molecule has 1 aliphatic rings. The summed E-state index contributed by atoms with van der Waals surface area (Å²) < 4.78 is 30.7. The Morgan fingerprint density at radius 1 is 1.42 bits per heavy atom. The van der Waals surface area contributed by atoms with Crippen LogP contribution in [0.15, 0.2) is 0 Å². The Bertz CT molecular complexity index is 698. The number of amides is 1. The second-order valence-electron chi connectivity index (χ2n) is 6.56. The maximum atomic E-state index is 12.5. The first-order chi connectivity index (χ1) is 11.1. The number of carbonyl (C=O) groups excluding carboxylic acids is 1. The van der Waals surface area contributed by atoms with Crippen LogP contribution in [0.3, 0.4) is 0 Å². The molecule has 2 atom stereocenters. The van der Waals surface area contributed by atoms with Crippen molar-refractivity contribution in [2.75, 3.05) is 33.1 Å². The summed E-state index contributed by atoms with van der Waals surface area (Å²) in [6, 6.07) is -0.309. The maximum absolute atomic E-state index is 12.5. The number of carbonyl (C=O) groups is 1. The van der Waals surface area contributed by atoms with E-state index < -0.39 is 10.0 Å². The molecule has 0 bridgehead atoms. The molecular weight excluding hydrogens is 350 g/mol. The van der Waals surface area contributed by atoms with Gasteiger partial charge < -0.3 is 10.1 Å². The van der Waals surface area contributed by atoms with Crippen molar-refractivity contribution < 1.29 is 17.9 Å². The molecule has 1 aromatic heterocycles. The van der Waals surface area contributed by atoms with Gasteiger partial charge >= 0.3 is 0 Å². The fourth-order valence-corrected chi connectivity index (χ4v) is 4.59. The number of ether oxygens (including phenoxy) is 1. The van der Waals surface area contributed by atoms with Crippen molar-refractivity contribution in [3.05, 3.63) is 15.6 Å². The Kier molecular flexibility index (Phi) is 6.00. The Morgan fingerprint density at radius 2 is 2.08 bits per heavy atom. The first kappa shape index (κ1) is 19.3. The molecule has 136 valence electrons. The molecule has 9 heteroatoms. The van der Waals surface area contributed by atoms with Gasteiger partial charge in [-0.05, 0) is 6.92 Å². The van der Waals surface area contributed by atoms with Crippen LogP contribution in [0.5, 0.6) is 0 Å². The summed E-state index contributed by atoms with van der Waals surface area (Å²) in [7, 11) is -0.324. The average Bonchev–Trinajstić information content (AvgIpc) is 3.05. The number of aromatic nitrogens is 1. The lowest BCUT2D eigenvalue weighted by Crippen LogP contribution is -2.43. The zero-order valence-corrected chi connectivity index (χ0v) is 16.3. The predicted octanol–water partition coefficient (Wildman–Crippen LogP) is 1.21. The van der Waals surface area contributed by atoms with Crippen LogP contribution in [-0.4, -0.2) is 62.7 Å². The Balaban J connectivity index is 2.08. The standard InChI is InChI=1S/C15H25N3O4S2/c1-9(2)15-16-10(3)13(23-15)14(19)17-12-7-22-6-11(12)8-24(20,21)18(4)5/h9,11-12H,6-8H2,1-5H3,(H,17,19)/t11-,12+/m0/s1. The van der Waals surface area contributed by atoms with Crippen molar-refractivity contribution in [3.63, 3.8) is 0 Å².